The fourth-order valence-electron chi connectivity index (χ4n) is 0.796. The number of halogens is 1. The highest BCUT2D eigenvalue weighted by molar-refractivity contribution is 6.29. The molecule has 1 aromatic heterocycles. The monoisotopic (exact) mass is 216 g/mol. The number of anilines is 1. The maximum absolute atomic E-state index is 8.79. The summed E-state index contributed by atoms with van der Waals surface area (Å²) in [7, 11) is 0. The molecule has 0 saturated heterocycles. The standard InChI is InChI=1S/C8H13ClN4O/c1-5(4-14)3-10-8-11-6(2)7(9)12-13-8/h5,14H,3-4H2,1-2H3,(H,10,11,13)/t5-/m0/s1. The lowest BCUT2D eigenvalue weighted by molar-refractivity contribution is 0.244. The number of nitrogens with one attached hydrogen (secondary N) is 1. The summed E-state index contributed by atoms with van der Waals surface area (Å²) in [6.07, 6.45) is 0. The lowest BCUT2D eigenvalue weighted by Crippen LogP contribution is -2.16. The predicted molar refractivity (Wildman–Crippen MR) is 54.3 cm³/mol. The summed E-state index contributed by atoms with van der Waals surface area (Å²) >= 11 is 5.67. The molecule has 0 fully saturated rings. The van der Waals surface area contributed by atoms with E-state index < -0.39 is 0 Å². The average molecular weight is 217 g/mol. The lowest BCUT2D eigenvalue weighted by Gasteiger charge is -2.08. The van der Waals surface area contributed by atoms with E-state index in [2.05, 4.69) is 20.5 Å². The van der Waals surface area contributed by atoms with Gasteiger partial charge in [0, 0.05) is 13.2 Å². The van der Waals surface area contributed by atoms with Crippen molar-refractivity contribution in [3.05, 3.63) is 10.8 Å². The smallest absolute Gasteiger partial charge is 0.243 e. The largest absolute Gasteiger partial charge is 0.396 e. The molecule has 2 N–H and O–H groups in total. The average Bonchev–Trinajstić information content (AvgIpc) is 2.19. The van der Waals surface area contributed by atoms with Crippen molar-refractivity contribution in [1.29, 1.82) is 0 Å². The van der Waals surface area contributed by atoms with E-state index in [1.165, 1.54) is 0 Å². The van der Waals surface area contributed by atoms with Gasteiger partial charge in [-0.15, -0.1) is 10.2 Å². The van der Waals surface area contributed by atoms with E-state index in [1.807, 2.05) is 6.92 Å². The number of hydrogen-bond acceptors (Lipinski definition) is 5. The van der Waals surface area contributed by atoms with Crippen LogP contribution >= 0.6 is 11.6 Å². The number of rotatable bonds is 4. The van der Waals surface area contributed by atoms with E-state index in [0.29, 0.717) is 23.3 Å². The van der Waals surface area contributed by atoms with Gasteiger partial charge in [-0.3, -0.25) is 0 Å². The first-order valence-corrected chi connectivity index (χ1v) is 4.73. The first kappa shape index (κ1) is 11.1. The molecule has 5 nitrogen and oxygen atoms in total. The van der Waals surface area contributed by atoms with Crippen molar-refractivity contribution in [2.24, 2.45) is 5.92 Å². The van der Waals surface area contributed by atoms with Crippen LogP contribution in [0.25, 0.3) is 0 Å². The number of aryl methyl sites for hydroxylation is 1. The Labute approximate surface area is 87.5 Å². The Kier molecular flexibility index (Phi) is 4.03. The van der Waals surface area contributed by atoms with Gasteiger partial charge in [-0.2, -0.15) is 0 Å². The van der Waals surface area contributed by atoms with Crippen molar-refractivity contribution >= 4 is 17.5 Å². The van der Waals surface area contributed by atoms with Crippen LogP contribution in [0.1, 0.15) is 12.6 Å². The van der Waals surface area contributed by atoms with Crippen LogP contribution in [-0.4, -0.2) is 33.4 Å². The number of hydrogen-bond donors (Lipinski definition) is 2. The van der Waals surface area contributed by atoms with Crippen LogP contribution in [0.4, 0.5) is 5.95 Å². The molecule has 0 aliphatic heterocycles. The molecule has 0 aromatic carbocycles. The normalized spacial score (nSPS) is 12.6. The minimum atomic E-state index is 0.132. The van der Waals surface area contributed by atoms with Crippen molar-refractivity contribution in [1.82, 2.24) is 15.2 Å². The van der Waals surface area contributed by atoms with Gasteiger partial charge in [-0.1, -0.05) is 18.5 Å². The molecular formula is C8H13ClN4O. The highest BCUT2D eigenvalue weighted by Gasteiger charge is 2.04. The van der Waals surface area contributed by atoms with E-state index in [1.54, 1.807) is 6.92 Å². The molecule has 0 saturated carbocycles. The molecule has 1 atom stereocenters. The summed E-state index contributed by atoms with van der Waals surface area (Å²) in [5.74, 6) is 0.599. The van der Waals surface area contributed by atoms with E-state index in [-0.39, 0.29) is 12.5 Å². The molecule has 0 aliphatic rings. The van der Waals surface area contributed by atoms with E-state index in [4.69, 9.17) is 16.7 Å². The predicted octanol–water partition coefficient (Wildman–Crippen LogP) is 0.874. The lowest BCUT2D eigenvalue weighted by atomic mass is 10.2. The van der Waals surface area contributed by atoms with E-state index in [0.717, 1.165) is 0 Å². The van der Waals surface area contributed by atoms with Gasteiger partial charge in [0.05, 0.1) is 5.69 Å². The summed E-state index contributed by atoms with van der Waals surface area (Å²) in [5.41, 5.74) is 0.640. The summed E-state index contributed by atoms with van der Waals surface area (Å²) in [4.78, 5) is 4.08. The summed E-state index contributed by atoms with van der Waals surface area (Å²) in [6, 6.07) is 0. The molecule has 0 aliphatic carbocycles. The number of aromatic nitrogens is 3. The van der Waals surface area contributed by atoms with Crippen LogP contribution in [0, 0.1) is 12.8 Å². The second kappa shape index (κ2) is 5.07. The molecule has 1 aromatic rings. The van der Waals surface area contributed by atoms with E-state index in [9.17, 15) is 0 Å². The Balaban J connectivity index is 2.55. The Morgan fingerprint density at radius 2 is 2.21 bits per heavy atom. The van der Waals surface area contributed by atoms with Gasteiger partial charge in [0.2, 0.25) is 5.95 Å². The summed E-state index contributed by atoms with van der Waals surface area (Å²) in [6.45, 7) is 4.42. The molecule has 1 heterocycles. The topological polar surface area (TPSA) is 70.9 Å². The minimum absolute atomic E-state index is 0.132. The molecule has 0 radical (unpaired) electrons. The number of aliphatic hydroxyl groups is 1. The van der Waals surface area contributed by atoms with Crippen molar-refractivity contribution < 1.29 is 5.11 Å². The third-order valence-corrected chi connectivity index (χ3v) is 2.07. The first-order valence-electron chi connectivity index (χ1n) is 4.35. The van der Waals surface area contributed by atoms with Crippen LogP contribution in [0.5, 0.6) is 0 Å². The molecule has 1 rings (SSSR count). The molecule has 0 unspecified atom stereocenters. The van der Waals surface area contributed by atoms with Gasteiger partial charge in [0.1, 0.15) is 0 Å². The third-order valence-electron chi connectivity index (χ3n) is 1.72. The Bertz CT molecular complexity index is 307. The van der Waals surface area contributed by atoms with Gasteiger partial charge >= 0.3 is 0 Å². The molecule has 0 spiro atoms. The van der Waals surface area contributed by atoms with Gasteiger partial charge < -0.3 is 10.4 Å². The maximum Gasteiger partial charge on any atom is 0.243 e. The molecule has 0 amide bonds. The zero-order valence-electron chi connectivity index (χ0n) is 8.16. The van der Waals surface area contributed by atoms with Crippen LogP contribution in [0.3, 0.4) is 0 Å². The van der Waals surface area contributed by atoms with E-state index >= 15 is 0 Å². The second-order valence-electron chi connectivity index (χ2n) is 3.18. The van der Waals surface area contributed by atoms with Crippen LogP contribution < -0.4 is 5.32 Å². The fourth-order valence-corrected chi connectivity index (χ4v) is 0.876. The van der Waals surface area contributed by atoms with Gasteiger partial charge in [-0.05, 0) is 12.8 Å². The van der Waals surface area contributed by atoms with Crippen LogP contribution in [0.2, 0.25) is 5.15 Å². The molecule has 14 heavy (non-hydrogen) atoms. The maximum atomic E-state index is 8.79. The highest BCUT2D eigenvalue weighted by Crippen LogP contribution is 2.08. The summed E-state index contributed by atoms with van der Waals surface area (Å²) in [5, 5.41) is 19.5. The van der Waals surface area contributed by atoms with Crippen LogP contribution in [0.15, 0.2) is 0 Å². The van der Waals surface area contributed by atoms with Crippen molar-refractivity contribution in [3.63, 3.8) is 0 Å². The quantitative estimate of drug-likeness (QED) is 0.782. The SMILES string of the molecule is Cc1nc(NC[C@H](C)CO)nnc1Cl. The van der Waals surface area contributed by atoms with Gasteiger partial charge in [0.15, 0.2) is 5.15 Å². The zero-order chi connectivity index (χ0) is 10.6. The highest BCUT2D eigenvalue weighted by atomic mass is 35.5. The molecule has 78 valence electrons. The Morgan fingerprint density at radius 1 is 1.50 bits per heavy atom. The Hall–Kier alpha value is -0.940. The fraction of sp³-hybridized carbons (Fsp3) is 0.625. The molecular weight excluding hydrogens is 204 g/mol. The first-order chi connectivity index (χ1) is 6.63. The van der Waals surface area contributed by atoms with Gasteiger partial charge in [0.25, 0.3) is 0 Å². The number of nitrogens with zero attached hydrogens (tertiary/aromatic N) is 3. The number of aliphatic hydroxyl groups excluding tert-OH is 1. The third kappa shape index (κ3) is 3.08. The van der Waals surface area contributed by atoms with Crippen molar-refractivity contribution in [3.8, 4) is 0 Å². The van der Waals surface area contributed by atoms with Crippen LogP contribution in [-0.2, 0) is 0 Å². The second-order valence-corrected chi connectivity index (χ2v) is 3.54. The minimum Gasteiger partial charge on any atom is -0.396 e. The van der Waals surface area contributed by atoms with Crippen molar-refractivity contribution in [2.75, 3.05) is 18.5 Å². The molecule has 6 heteroatoms. The summed E-state index contributed by atoms with van der Waals surface area (Å²) < 4.78 is 0. The molecule has 0 bridgehead atoms. The van der Waals surface area contributed by atoms with Crippen molar-refractivity contribution in [2.45, 2.75) is 13.8 Å². The zero-order valence-corrected chi connectivity index (χ0v) is 8.91. The van der Waals surface area contributed by atoms with Gasteiger partial charge in [-0.25, -0.2) is 4.98 Å². The Morgan fingerprint density at radius 3 is 2.79 bits per heavy atom.